The number of hydrogen-bond acceptors (Lipinski definition) is 3. The zero-order valence-electron chi connectivity index (χ0n) is 10.1. The molecule has 88 valence electrons. The third-order valence-corrected chi connectivity index (χ3v) is 3.01. The first-order chi connectivity index (χ1) is 7.70. The molecule has 3 nitrogen and oxygen atoms in total. The molecule has 1 unspecified atom stereocenters. The first-order valence-corrected chi connectivity index (χ1v) is 5.94. The van der Waals surface area contributed by atoms with Gasteiger partial charge in [-0.25, -0.2) is 10.4 Å². The molecule has 0 radical (unpaired) electrons. The minimum atomic E-state index is 0.216. The smallest absolute Gasteiger partial charge is 0.0586 e. The van der Waals surface area contributed by atoms with Crippen molar-refractivity contribution in [3.8, 4) is 0 Å². The van der Waals surface area contributed by atoms with Crippen molar-refractivity contribution in [3.63, 3.8) is 0 Å². The van der Waals surface area contributed by atoms with E-state index in [1.807, 2.05) is 19.1 Å². The van der Waals surface area contributed by atoms with Crippen molar-refractivity contribution < 1.29 is 0 Å². The van der Waals surface area contributed by atoms with E-state index in [2.05, 4.69) is 29.7 Å². The molecule has 3 N–H and O–H groups in total. The maximum absolute atomic E-state index is 5.81. The largest absolute Gasteiger partial charge is 0.329 e. The van der Waals surface area contributed by atoms with Gasteiger partial charge in [0.05, 0.1) is 6.04 Å². The van der Waals surface area contributed by atoms with Crippen LogP contribution in [0.5, 0.6) is 0 Å². The first kappa shape index (κ1) is 11.6. The number of hydrogen-bond donors (Lipinski definition) is 2. The standard InChI is InChI=1S/C13H21N3/c1-16(2)15-13(9-14)12-5-3-4-11(8-12)10-6-7-10/h3-5,8,10,13,15H,6-7,9,14H2,1-2H3. The Bertz CT molecular complexity index is 345. The van der Waals surface area contributed by atoms with E-state index in [4.69, 9.17) is 5.73 Å². The molecule has 2 rings (SSSR count). The van der Waals surface area contributed by atoms with Crippen LogP contribution in [-0.2, 0) is 0 Å². The maximum Gasteiger partial charge on any atom is 0.0586 e. The Morgan fingerprint density at radius 3 is 2.75 bits per heavy atom. The van der Waals surface area contributed by atoms with Gasteiger partial charge in [0.1, 0.15) is 0 Å². The van der Waals surface area contributed by atoms with Crippen molar-refractivity contribution in [2.45, 2.75) is 24.8 Å². The monoisotopic (exact) mass is 219 g/mol. The fourth-order valence-corrected chi connectivity index (χ4v) is 2.02. The van der Waals surface area contributed by atoms with Crippen molar-refractivity contribution in [3.05, 3.63) is 35.4 Å². The van der Waals surface area contributed by atoms with Crippen LogP contribution in [0.2, 0.25) is 0 Å². The Balaban J connectivity index is 2.13. The lowest BCUT2D eigenvalue weighted by molar-refractivity contribution is 0.245. The number of benzene rings is 1. The van der Waals surface area contributed by atoms with Gasteiger partial charge in [0.2, 0.25) is 0 Å². The van der Waals surface area contributed by atoms with Gasteiger partial charge in [-0.1, -0.05) is 24.3 Å². The lowest BCUT2D eigenvalue weighted by atomic mass is 10.0. The highest BCUT2D eigenvalue weighted by molar-refractivity contribution is 5.31. The van der Waals surface area contributed by atoms with Gasteiger partial charge in [-0.15, -0.1) is 0 Å². The van der Waals surface area contributed by atoms with Gasteiger partial charge in [-0.05, 0) is 29.9 Å². The van der Waals surface area contributed by atoms with Crippen molar-refractivity contribution in [1.29, 1.82) is 0 Å². The van der Waals surface area contributed by atoms with Crippen LogP contribution in [-0.4, -0.2) is 25.6 Å². The number of nitrogens with two attached hydrogens (primary N) is 1. The Morgan fingerprint density at radius 1 is 1.44 bits per heavy atom. The second-order valence-corrected chi connectivity index (χ2v) is 4.76. The van der Waals surface area contributed by atoms with Crippen molar-refractivity contribution in [1.82, 2.24) is 10.4 Å². The first-order valence-electron chi connectivity index (χ1n) is 5.94. The van der Waals surface area contributed by atoms with Crippen molar-refractivity contribution in [2.24, 2.45) is 5.73 Å². The van der Waals surface area contributed by atoms with Crippen LogP contribution in [0.4, 0.5) is 0 Å². The highest BCUT2D eigenvalue weighted by Gasteiger charge is 2.24. The highest BCUT2D eigenvalue weighted by Crippen LogP contribution is 2.40. The highest BCUT2D eigenvalue weighted by atomic mass is 15.5. The Morgan fingerprint density at radius 2 is 2.19 bits per heavy atom. The molecule has 0 amide bonds. The van der Waals surface area contributed by atoms with Crippen molar-refractivity contribution >= 4 is 0 Å². The minimum Gasteiger partial charge on any atom is -0.329 e. The van der Waals surface area contributed by atoms with Gasteiger partial charge < -0.3 is 5.73 Å². The second-order valence-electron chi connectivity index (χ2n) is 4.76. The van der Waals surface area contributed by atoms with Gasteiger partial charge in [-0.2, -0.15) is 0 Å². The molecule has 0 aliphatic heterocycles. The van der Waals surface area contributed by atoms with Crippen LogP contribution in [0.1, 0.15) is 35.9 Å². The summed E-state index contributed by atoms with van der Waals surface area (Å²) in [6.07, 6.45) is 2.69. The van der Waals surface area contributed by atoms with Gasteiger partial charge in [0, 0.05) is 20.6 Å². The van der Waals surface area contributed by atoms with Gasteiger partial charge >= 0.3 is 0 Å². The summed E-state index contributed by atoms with van der Waals surface area (Å²) in [5, 5.41) is 1.96. The summed E-state index contributed by atoms with van der Waals surface area (Å²) in [7, 11) is 3.99. The summed E-state index contributed by atoms with van der Waals surface area (Å²) in [5.74, 6) is 0.803. The lowest BCUT2D eigenvalue weighted by Crippen LogP contribution is -2.38. The third-order valence-electron chi connectivity index (χ3n) is 3.01. The molecular formula is C13H21N3. The fourth-order valence-electron chi connectivity index (χ4n) is 2.02. The van der Waals surface area contributed by atoms with E-state index < -0.39 is 0 Å². The summed E-state index contributed by atoms with van der Waals surface area (Å²) in [6.45, 7) is 0.617. The van der Waals surface area contributed by atoms with Crippen LogP contribution in [0.3, 0.4) is 0 Å². The zero-order valence-corrected chi connectivity index (χ0v) is 10.1. The molecule has 0 saturated heterocycles. The summed E-state index contributed by atoms with van der Waals surface area (Å²) in [6, 6.07) is 9.03. The number of nitrogens with zero attached hydrogens (tertiary/aromatic N) is 1. The van der Waals surface area contributed by atoms with Crippen LogP contribution < -0.4 is 11.2 Å². The van der Waals surface area contributed by atoms with E-state index in [9.17, 15) is 0 Å². The summed E-state index contributed by atoms with van der Waals surface area (Å²) in [5.41, 5.74) is 11.9. The third kappa shape index (κ3) is 2.82. The molecule has 3 heteroatoms. The molecule has 16 heavy (non-hydrogen) atoms. The molecule has 0 heterocycles. The van der Waals surface area contributed by atoms with E-state index >= 15 is 0 Å². The predicted octanol–water partition coefficient (Wildman–Crippen LogP) is 1.63. The van der Waals surface area contributed by atoms with Crippen LogP contribution in [0, 0.1) is 0 Å². The van der Waals surface area contributed by atoms with E-state index in [1.165, 1.54) is 24.0 Å². The zero-order chi connectivity index (χ0) is 11.5. The maximum atomic E-state index is 5.81. The van der Waals surface area contributed by atoms with Gasteiger partial charge in [0.25, 0.3) is 0 Å². The topological polar surface area (TPSA) is 41.3 Å². The van der Waals surface area contributed by atoms with Crippen LogP contribution >= 0.6 is 0 Å². The Kier molecular flexibility index (Phi) is 3.59. The molecule has 1 saturated carbocycles. The molecule has 1 aliphatic carbocycles. The Labute approximate surface area is 97.6 Å². The molecule has 1 aliphatic rings. The Hall–Kier alpha value is -0.900. The second kappa shape index (κ2) is 4.95. The summed E-state index contributed by atoms with van der Waals surface area (Å²) < 4.78 is 0. The number of nitrogens with one attached hydrogen (secondary N) is 1. The molecule has 1 atom stereocenters. The predicted molar refractivity (Wildman–Crippen MR) is 67.0 cm³/mol. The molecule has 0 spiro atoms. The molecule has 0 aromatic heterocycles. The van der Waals surface area contributed by atoms with Gasteiger partial charge in [-0.3, -0.25) is 0 Å². The SMILES string of the molecule is CN(C)NC(CN)c1cccc(C2CC2)c1. The van der Waals surface area contributed by atoms with Crippen LogP contribution in [0.15, 0.2) is 24.3 Å². The normalized spacial score (nSPS) is 17.8. The minimum absolute atomic E-state index is 0.216. The average Bonchev–Trinajstić information content (AvgIpc) is 3.09. The van der Waals surface area contributed by atoms with E-state index in [0.29, 0.717) is 6.54 Å². The van der Waals surface area contributed by atoms with Crippen molar-refractivity contribution in [2.75, 3.05) is 20.6 Å². The van der Waals surface area contributed by atoms with E-state index in [1.54, 1.807) is 0 Å². The molecule has 1 aromatic rings. The quantitative estimate of drug-likeness (QED) is 0.740. The summed E-state index contributed by atoms with van der Waals surface area (Å²) >= 11 is 0. The van der Waals surface area contributed by atoms with E-state index in [0.717, 1.165) is 5.92 Å². The number of rotatable bonds is 5. The van der Waals surface area contributed by atoms with E-state index in [-0.39, 0.29) is 6.04 Å². The summed E-state index contributed by atoms with van der Waals surface area (Å²) in [4.78, 5) is 0. The molecule has 1 aromatic carbocycles. The molecular weight excluding hydrogens is 198 g/mol. The molecule has 0 bridgehead atoms. The number of hydrazine groups is 1. The average molecular weight is 219 g/mol. The lowest BCUT2D eigenvalue weighted by Gasteiger charge is -2.22. The molecule has 1 fully saturated rings. The van der Waals surface area contributed by atoms with Crippen LogP contribution in [0.25, 0.3) is 0 Å². The van der Waals surface area contributed by atoms with Gasteiger partial charge in [0.15, 0.2) is 0 Å². The fraction of sp³-hybridized carbons (Fsp3) is 0.538.